The lowest BCUT2D eigenvalue weighted by molar-refractivity contribution is -0.188. The van der Waals surface area contributed by atoms with Crippen LogP contribution in [0.25, 0.3) is 0 Å². The quantitative estimate of drug-likeness (QED) is 0.602. The molecule has 0 aliphatic carbocycles. The minimum absolute atomic E-state index is 0.0474. The molecule has 0 spiro atoms. The molecule has 0 unspecified atom stereocenters. The van der Waals surface area contributed by atoms with Crippen LogP contribution in [0, 0.1) is 11.3 Å². The van der Waals surface area contributed by atoms with E-state index in [2.05, 4.69) is 0 Å². The third-order valence-corrected chi connectivity index (χ3v) is 2.04. The van der Waals surface area contributed by atoms with Crippen LogP contribution in [-0.4, -0.2) is 18.2 Å². The number of esters is 2. The molecule has 2 atom stereocenters. The van der Waals surface area contributed by atoms with E-state index in [1.807, 2.05) is 6.92 Å². The normalized spacial score (nSPS) is 27.3. The van der Waals surface area contributed by atoms with Gasteiger partial charge in [0.2, 0.25) is 0 Å². The highest BCUT2D eigenvalue weighted by Crippen LogP contribution is 2.25. The van der Waals surface area contributed by atoms with Crippen molar-refractivity contribution >= 4 is 11.9 Å². The number of rotatable bonds is 1. The number of cyclic esters (lactones) is 1. The maximum Gasteiger partial charge on any atom is 0.314 e. The van der Waals surface area contributed by atoms with Gasteiger partial charge in [-0.15, -0.1) is 0 Å². The zero-order valence-electron chi connectivity index (χ0n) is 8.99. The first-order valence-electron chi connectivity index (χ1n) is 4.71. The van der Waals surface area contributed by atoms with Crippen molar-refractivity contribution < 1.29 is 19.1 Å². The molecule has 14 heavy (non-hydrogen) atoms. The molecule has 0 radical (unpaired) electrons. The van der Waals surface area contributed by atoms with Crippen molar-refractivity contribution in [1.82, 2.24) is 0 Å². The van der Waals surface area contributed by atoms with Crippen LogP contribution in [0.2, 0.25) is 0 Å². The predicted molar refractivity (Wildman–Crippen MR) is 49.2 cm³/mol. The summed E-state index contributed by atoms with van der Waals surface area (Å²) in [5.74, 6) is -0.693. The molecular weight excluding hydrogens is 184 g/mol. The Bertz CT molecular complexity index is 251. The Labute approximate surface area is 83.6 Å². The van der Waals surface area contributed by atoms with Crippen molar-refractivity contribution in [2.75, 3.05) is 0 Å². The molecule has 1 aliphatic rings. The second-order valence-corrected chi connectivity index (χ2v) is 4.69. The highest BCUT2D eigenvalue weighted by molar-refractivity contribution is 5.76. The van der Waals surface area contributed by atoms with Crippen molar-refractivity contribution in [2.24, 2.45) is 11.3 Å². The maximum absolute atomic E-state index is 11.5. The SMILES string of the molecule is C[C@H]1CC(=O)O[C@H]1OC(=O)C(C)(C)C. The second kappa shape index (κ2) is 3.59. The Kier molecular flexibility index (Phi) is 2.83. The summed E-state index contributed by atoms with van der Waals surface area (Å²) in [5, 5.41) is 0. The molecule has 1 fully saturated rings. The van der Waals surface area contributed by atoms with Crippen LogP contribution in [0.5, 0.6) is 0 Å². The van der Waals surface area contributed by atoms with Gasteiger partial charge in [-0.25, -0.2) is 0 Å². The van der Waals surface area contributed by atoms with Crippen LogP contribution >= 0.6 is 0 Å². The highest BCUT2D eigenvalue weighted by Gasteiger charge is 2.36. The summed E-state index contributed by atoms with van der Waals surface area (Å²) in [4.78, 5) is 22.3. The Morgan fingerprint density at radius 3 is 2.43 bits per heavy atom. The first-order chi connectivity index (χ1) is 6.30. The molecule has 80 valence electrons. The lowest BCUT2D eigenvalue weighted by Gasteiger charge is -2.21. The largest absolute Gasteiger partial charge is 0.425 e. The Morgan fingerprint density at radius 2 is 2.07 bits per heavy atom. The van der Waals surface area contributed by atoms with E-state index in [4.69, 9.17) is 9.47 Å². The Hall–Kier alpha value is -1.06. The molecule has 0 bridgehead atoms. The van der Waals surface area contributed by atoms with Crippen molar-refractivity contribution in [1.29, 1.82) is 0 Å². The van der Waals surface area contributed by atoms with Crippen LogP contribution in [0.15, 0.2) is 0 Å². The van der Waals surface area contributed by atoms with E-state index in [9.17, 15) is 9.59 Å². The van der Waals surface area contributed by atoms with E-state index in [0.717, 1.165) is 0 Å². The van der Waals surface area contributed by atoms with Gasteiger partial charge in [-0.05, 0) is 20.8 Å². The van der Waals surface area contributed by atoms with E-state index >= 15 is 0 Å². The van der Waals surface area contributed by atoms with Crippen molar-refractivity contribution in [3.05, 3.63) is 0 Å². The van der Waals surface area contributed by atoms with Gasteiger partial charge in [-0.1, -0.05) is 6.92 Å². The molecule has 1 rings (SSSR count). The van der Waals surface area contributed by atoms with E-state index in [1.54, 1.807) is 20.8 Å². The van der Waals surface area contributed by atoms with Crippen LogP contribution < -0.4 is 0 Å². The molecule has 1 saturated heterocycles. The van der Waals surface area contributed by atoms with Crippen molar-refractivity contribution in [2.45, 2.75) is 40.4 Å². The fourth-order valence-corrected chi connectivity index (χ4v) is 1.08. The zero-order valence-corrected chi connectivity index (χ0v) is 8.99. The Balaban J connectivity index is 2.53. The van der Waals surface area contributed by atoms with Gasteiger partial charge in [0, 0.05) is 5.92 Å². The topological polar surface area (TPSA) is 52.6 Å². The van der Waals surface area contributed by atoms with Gasteiger partial charge >= 0.3 is 11.9 Å². The third kappa shape index (κ3) is 2.47. The average molecular weight is 200 g/mol. The minimum Gasteiger partial charge on any atom is -0.425 e. The average Bonchev–Trinajstić information content (AvgIpc) is 2.28. The summed E-state index contributed by atoms with van der Waals surface area (Å²) in [6.45, 7) is 7.11. The monoisotopic (exact) mass is 200 g/mol. The lowest BCUT2D eigenvalue weighted by atomic mass is 9.97. The fraction of sp³-hybridized carbons (Fsp3) is 0.800. The summed E-state index contributed by atoms with van der Waals surface area (Å²) in [6, 6.07) is 0. The number of hydrogen-bond donors (Lipinski definition) is 0. The molecule has 0 aromatic heterocycles. The molecule has 0 aromatic carbocycles. The van der Waals surface area contributed by atoms with Gasteiger partial charge in [0.1, 0.15) is 0 Å². The maximum atomic E-state index is 11.5. The third-order valence-electron chi connectivity index (χ3n) is 2.04. The van der Waals surface area contributed by atoms with Gasteiger partial charge in [-0.3, -0.25) is 9.59 Å². The minimum atomic E-state index is -0.700. The number of hydrogen-bond acceptors (Lipinski definition) is 4. The summed E-state index contributed by atoms with van der Waals surface area (Å²) in [6.07, 6.45) is -0.378. The molecule has 0 amide bonds. The molecule has 0 N–H and O–H groups in total. The standard InChI is InChI=1S/C10H16O4/c1-6-5-7(11)13-8(6)14-9(12)10(2,3)4/h6,8H,5H2,1-4H3/t6-,8-/m0/s1. The van der Waals surface area contributed by atoms with E-state index in [0.29, 0.717) is 6.42 Å². The molecule has 0 saturated carbocycles. The van der Waals surface area contributed by atoms with E-state index in [-0.39, 0.29) is 17.9 Å². The molecular formula is C10H16O4. The van der Waals surface area contributed by atoms with Crippen LogP contribution in [0.1, 0.15) is 34.1 Å². The molecule has 0 aromatic rings. The van der Waals surface area contributed by atoms with Crippen molar-refractivity contribution in [3.8, 4) is 0 Å². The van der Waals surface area contributed by atoms with Crippen LogP contribution in [0.4, 0.5) is 0 Å². The number of carbonyl (C=O) groups is 2. The summed E-state index contributed by atoms with van der Waals surface area (Å²) in [7, 11) is 0. The van der Waals surface area contributed by atoms with Gasteiger partial charge in [-0.2, -0.15) is 0 Å². The predicted octanol–water partition coefficient (Wildman–Crippen LogP) is 1.48. The molecule has 1 aliphatic heterocycles. The van der Waals surface area contributed by atoms with Crippen LogP contribution in [-0.2, 0) is 19.1 Å². The summed E-state index contributed by atoms with van der Waals surface area (Å²) < 4.78 is 9.93. The molecule has 4 heteroatoms. The first-order valence-corrected chi connectivity index (χ1v) is 4.71. The summed E-state index contributed by atoms with van der Waals surface area (Å²) in [5.41, 5.74) is -0.561. The smallest absolute Gasteiger partial charge is 0.314 e. The van der Waals surface area contributed by atoms with Gasteiger partial charge in [0.25, 0.3) is 6.29 Å². The number of ether oxygens (including phenoxy) is 2. The molecule has 4 nitrogen and oxygen atoms in total. The zero-order chi connectivity index (χ0) is 10.9. The van der Waals surface area contributed by atoms with E-state index in [1.165, 1.54) is 0 Å². The molecule has 1 heterocycles. The van der Waals surface area contributed by atoms with Gasteiger partial charge in [0.05, 0.1) is 11.8 Å². The lowest BCUT2D eigenvalue weighted by Crippen LogP contribution is -2.30. The second-order valence-electron chi connectivity index (χ2n) is 4.69. The fourth-order valence-electron chi connectivity index (χ4n) is 1.08. The highest BCUT2D eigenvalue weighted by atomic mass is 16.7. The van der Waals surface area contributed by atoms with Gasteiger partial charge in [0.15, 0.2) is 0 Å². The first kappa shape index (κ1) is 11.0. The van der Waals surface area contributed by atoms with Crippen LogP contribution in [0.3, 0.4) is 0 Å². The van der Waals surface area contributed by atoms with E-state index < -0.39 is 11.7 Å². The Morgan fingerprint density at radius 1 is 1.50 bits per heavy atom. The summed E-state index contributed by atoms with van der Waals surface area (Å²) >= 11 is 0. The van der Waals surface area contributed by atoms with Gasteiger partial charge < -0.3 is 9.47 Å². The number of carbonyl (C=O) groups excluding carboxylic acids is 2. The van der Waals surface area contributed by atoms with Crippen molar-refractivity contribution in [3.63, 3.8) is 0 Å².